The Balaban J connectivity index is 2.45. The Morgan fingerprint density at radius 1 is 1.11 bits per heavy atom. The molecule has 27 heavy (non-hydrogen) atoms. The van der Waals surface area contributed by atoms with Gasteiger partial charge in [-0.3, -0.25) is 14.4 Å². The molecule has 4 amide bonds. The minimum absolute atomic E-state index is 0.00918. The van der Waals surface area contributed by atoms with E-state index in [9.17, 15) is 24.0 Å². The van der Waals surface area contributed by atoms with Crippen LogP contribution < -0.4 is 10.6 Å². The number of ether oxygens (including phenoxy) is 1. The average Bonchev–Trinajstić information content (AvgIpc) is 2.82. The fourth-order valence-corrected chi connectivity index (χ4v) is 2.17. The van der Waals surface area contributed by atoms with Crippen LogP contribution in [0.1, 0.15) is 53.9 Å². The summed E-state index contributed by atoms with van der Waals surface area (Å²) in [6.45, 7) is 8.55. The van der Waals surface area contributed by atoms with E-state index in [0.717, 1.165) is 0 Å². The highest BCUT2D eigenvalue weighted by atomic mass is 16.7. The normalized spacial score (nSPS) is 15.6. The standard InChI is InChI=1S/C17H27N3O7/c1-10(2)14(19-16(25)26-17(3,4)5)15(24)18-9-8-13(23)27-20-11(21)6-7-12(20)22/h10,14H,6-9H2,1-5H3,(H,18,24)(H,19,25)/t14-/m0/s1. The number of imide groups is 1. The van der Waals surface area contributed by atoms with Crippen molar-refractivity contribution in [3.63, 3.8) is 0 Å². The Kier molecular flexibility index (Phi) is 7.74. The van der Waals surface area contributed by atoms with E-state index in [1.807, 2.05) is 0 Å². The highest BCUT2D eigenvalue weighted by molar-refractivity contribution is 6.01. The molecule has 0 aromatic rings. The van der Waals surface area contributed by atoms with Gasteiger partial charge < -0.3 is 20.2 Å². The van der Waals surface area contributed by atoms with Gasteiger partial charge in [0.25, 0.3) is 11.8 Å². The van der Waals surface area contributed by atoms with Crippen LogP contribution in [0.5, 0.6) is 0 Å². The number of nitrogens with zero attached hydrogens (tertiary/aromatic N) is 1. The van der Waals surface area contributed by atoms with Crippen molar-refractivity contribution in [2.45, 2.75) is 65.5 Å². The second kappa shape index (κ2) is 9.33. The zero-order chi connectivity index (χ0) is 20.8. The molecule has 0 spiro atoms. The molecule has 0 radical (unpaired) electrons. The highest BCUT2D eigenvalue weighted by Crippen LogP contribution is 2.12. The summed E-state index contributed by atoms with van der Waals surface area (Å²) in [6, 6.07) is -0.849. The van der Waals surface area contributed by atoms with Gasteiger partial charge in [-0.15, -0.1) is 5.06 Å². The third-order valence-electron chi connectivity index (χ3n) is 3.45. The number of hydroxylamine groups is 2. The van der Waals surface area contributed by atoms with E-state index in [0.29, 0.717) is 5.06 Å². The first-order chi connectivity index (χ1) is 12.4. The minimum atomic E-state index is -0.849. The molecule has 0 bridgehead atoms. The molecule has 0 aliphatic carbocycles. The SMILES string of the molecule is CC(C)[C@H](NC(=O)OC(C)(C)C)C(=O)NCCC(=O)ON1C(=O)CCC1=O. The summed E-state index contributed by atoms with van der Waals surface area (Å²) >= 11 is 0. The van der Waals surface area contributed by atoms with E-state index in [4.69, 9.17) is 9.57 Å². The summed E-state index contributed by atoms with van der Waals surface area (Å²) in [4.78, 5) is 63.3. The molecule has 1 heterocycles. The first-order valence-electron chi connectivity index (χ1n) is 8.74. The van der Waals surface area contributed by atoms with Crippen LogP contribution in [0.3, 0.4) is 0 Å². The molecule has 152 valence electrons. The molecule has 10 heteroatoms. The van der Waals surface area contributed by atoms with Crippen molar-refractivity contribution in [1.29, 1.82) is 0 Å². The average molecular weight is 385 g/mol. The van der Waals surface area contributed by atoms with Crippen LogP contribution in [-0.2, 0) is 28.8 Å². The lowest BCUT2D eigenvalue weighted by atomic mass is 10.0. The lowest BCUT2D eigenvalue weighted by Gasteiger charge is -2.25. The maximum atomic E-state index is 12.3. The van der Waals surface area contributed by atoms with Crippen molar-refractivity contribution >= 4 is 29.8 Å². The van der Waals surface area contributed by atoms with Crippen molar-refractivity contribution in [2.24, 2.45) is 5.92 Å². The van der Waals surface area contributed by atoms with Crippen LogP contribution >= 0.6 is 0 Å². The molecule has 0 saturated carbocycles. The predicted octanol–water partition coefficient (Wildman–Crippen LogP) is 0.649. The van der Waals surface area contributed by atoms with Crippen molar-refractivity contribution in [2.75, 3.05) is 6.54 Å². The Hall–Kier alpha value is -2.65. The number of nitrogens with one attached hydrogen (secondary N) is 2. The van der Waals surface area contributed by atoms with Crippen molar-refractivity contribution in [1.82, 2.24) is 15.7 Å². The summed E-state index contributed by atoms with van der Waals surface area (Å²) in [5, 5.41) is 5.46. The number of rotatable bonds is 7. The van der Waals surface area contributed by atoms with Gasteiger partial charge in [0.2, 0.25) is 5.91 Å². The molecule has 1 aliphatic rings. The molecule has 0 unspecified atom stereocenters. The molecule has 1 rings (SSSR count). The zero-order valence-corrected chi connectivity index (χ0v) is 16.3. The molecule has 1 fully saturated rings. The van der Waals surface area contributed by atoms with E-state index in [1.54, 1.807) is 34.6 Å². The highest BCUT2D eigenvalue weighted by Gasteiger charge is 2.33. The molecular formula is C17H27N3O7. The van der Waals surface area contributed by atoms with Crippen molar-refractivity contribution < 1.29 is 33.5 Å². The first-order valence-corrected chi connectivity index (χ1v) is 8.74. The van der Waals surface area contributed by atoms with Crippen LogP contribution in [-0.4, -0.2) is 53.0 Å². The van der Waals surface area contributed by atoms with Gasteiger partial charge in [-0.2, -0.15) is 0 Å². The fourth-order valence-electron chi connectivity index (χ4n) is 2.17. The summed E-state index contributed by atoms with van der Waals surface area (Å²) in [7, 11) is 0. The van der Waals surface area contributed by atoms with E-state index in [-0.39, 0.29) is 31.7 Å². The Morgan fingerprint density at radius 2 is 1.67 bits per heavy atom. The molecule has 0 aromatic heterocycles. The zero-order valence-electron chi connectivity index (χ0n) is 16.3. The van der Waals surface area contributed by atoms with Gasteiger partial charge in [-0.05, 0) is 26.7 Å². The van der Waals surface area contributed by atoms with Crippen LogP contribution in [0.15, 0.2) is 0 Å². The quantitative estimate of drug-likeness (QED) is 0.615. The first kappa shape index (κ1) is 22.4. The fraction of sp³-hybridized carbons (Fsp3) is 0.706. The van der Waals surface area contributed by atoms with E-state index in [1.165, 1.54) is 0 Å². The molecule has 0 aromatic carbocycles. The number of hydrogen-bond acceptors (Lipinski definition) is 7. The smallest absolute Gasteiger partial charge is 0.408 e. The minimum Gasteiger partial charge on any atom is -0.444 e. The molecule has 1 saturated heterocycles. The van der Waals surface area contributed by atoms with E-state index >= 15 is 0 Å². The summed E-state index contributed by atoms with van der Waals surface area (Å²) < 4.78 is 5.13. The Morgan fingerprint density at radius 3 is 2.15 bits per heavy atom. The van der Waals surface area contributed by atoms with Gasteiger partial charge in [0, 0.05) is 19.4 Å². The maximum absolute atomic E-state index is 12.3. The monoisotopic (exact) mass is 385 g/mol. The molecular weight excluding hydrogens is 358 g/mol. The number of carbonyl (C=O) groups excluding carboxylic acids is 5. The molecule has 2 N–H and O–H groups in total. The lowest BCUT2D eigenvalue weighted by Crippen LogP contribution is -2.51. The number of amides is 4. The number of alkyl carbamates (subject to hydrolysis) is 1. The topological polar surface area (TPSA) is 131 Å². The predicted molar refractivity (Wildman–Crippen MR) is 92.8 cm³/mol. The second-order valence-electron chi connectivity index (χ2n) is 7.45. The van der Waals surface area contributed by atoms with Crippen LogP contribution in [0.4, 0.5) is 4.79 Å². The number of carbonyl (C=O) groups is 5. The van der Waals surface area contributed by atoms with Crippen molar-refractivity contribution in [3.05, 3.63) is 0 Å². The summed E-state index contributed by atoms with van der Waals surface area (Å²) in [5.41, 5.74) is -0.698. The number of hydrogen-bond donors (Lipinski definition) is 2. The van der Waals surface area contributed by atoms with Crippen LogP contribution in [0.2, 0.25) is 0 Å². The van der Waals surface area contributed by atoms with E-state index in [2.05, 4.69) is 10.6 Å². The van der Waals surface area contributed by atoms with Gasteiger partial charge in [0.1, 0.15) is 11.6 Å². The summed E-state index contributed by atoms with van der Waals surface area (Å²) in [6.07, 6.45) is -0.938. The Labute approximate surface area is 157 Å². The van der Waals surface area contributed by atoms with Crippen molar-refractivity contribution in [3.8, 4) is 0 Å². The summed E-state index contributed by atoms with van der Waals surface area (Å²) in [5.74, 6) is -2.67. The third-order valence-corrected chi connectivity index (χ3v) is 3.45. The molecule has 1 aliphatic heterocycles. The van der Waals surface area contributed by atoms with Crippen LogP contribution in [0.25, 0.3) is 0 Å². The molecule has 10 nitrogen and oxygen atoms in total. The van der Waals surface area contributed by atoms with Gasteiger partial charge in [0.15, 0.2) is 0 Å². The molecule has 1 atom stereocenters. The second-order valence-corrected chi connectivity index (χ2v) is 7.45. The Bertz CT molecular complexity index is 594. The van der Waals surface area contributed by atoms with Crippen LogP contribution in [0, 0.1) is 5.92 Å². The van der Waals surface area contributed by atoms with Gasteiger partial charge in [-0.1, -0.05) is 13.8 Å². The third kappa shape index (κ3) is 7.63. The largest absolute Gasteiger partial charge is 0.444 e. The maximum Gasteiger partial charge on any atom is 0.408 e. The van der Waals surface area contributed by atoms with Gasteiger partial charge in [-0.25, -0.2) is 9.59 Å². The van der Waals surface area contributed by atoms with Gasteiger partial charge in [0.05, 0.1) is 6.42 Å². The lowest BCUT2D eigenvalue weighted by molar-refractivity contribution is -0.197. The van der Waals surface area contributed by atoms with Gasteiger partial charge >= 0.3 is 12.1 Å². The van der Waals surface area contributed by atoms with E-state index < -0.39 is 41.4 Å².